The van der Waals surface area contributed by atoms with Crippen LogP contribution in [0.15, 0.2) is 30.3 Å². The Morgan fingerprint density at radius 1 is 1.22 bits per heavy atom. The number of ether oxygens (including phenoxy) is 2. The second kappa shape index (κ2) is 6.83. The monoisotopic (exact) mass is 337 g/mol. The van der Waals surface area contributed by atoms with E-state index in [1.54, 1.807) is 4.90 Å². The van der Waals surface area contributed by atoms with Crippen LogP contribution < -0.4 is 0 Å². The highest BCUT2D eigenvalue weighted by Crippen LogP contribution is 2.39. The molecule has 1 aromatic rings. The minimum atomic E-state index is -0.707. The van der Waals surface area contributed by atoms with E-state index in [1.807, 2.05) is 51.1 Å². The van der Waals surface area contributed by atoms with E-state index in [0.717, 1.165) is 5.56 Å². The Morgan fingerprint density at radius 2 is 1.83 bits per heavy atom. The van der Waals surface area contributed by atoms with Gasteiger partial charge in [-0.25, -0.2) is 4.79 Å². The van der Waals surface area contributed by atoms with Gasteiger partial charge in [0, 0.05) is 5.75 Å². The molecule has 0 saturated carbocycles. The number of amides is 1. The fourth-order valence-corrected chi connectivity index (χ4v) is 3.62. The first-order valence-corrected chi connectivity index (χ1v) is 8.48. The summed E-state index contributed by atoms with van der Waals surface area (Å²) in [6.07, 6.45) is -0.391. The lowest BCUT2D eigenvalue weighted by molar-refractivity contribution is -0.147. The molecule has 1 aliphatic heterocycles. The Kier molecular flexibility index (Phi) is 5.24. The van der Waals surface area contributed by atoms with E-state index < -0.39 is 16.4 Å². The van der Waals surface area contributed by atoms with E-state index in [4.69, 9.17) is 9.47 Å². The first kappa shape index (κ1) is 17.7. The highest BCUT2D eigenvalue weighted by Gasteiger charge is 2.53. The van der Waals surface area contributed by atoms with Crippen LogP contribution in [0.25, 0.3) is 0 Å². The Balaban J connectivity index is 1.98. The fourth-order valence-electron chi connectivity index (χ4n) is 2.29. The number of carbonyl (C=O) groups is 2. The van der Waals surface area contributed by atoms with Gasteiger partial charge in [-0.2, -0.15) is 0 Å². The molecule has 0 aromatic heterocycles. The summed E-state index contributed by atoms with van der Waals surface area (Å²) in [7, 11) is 1.38. The Bertz CT molecular complexity index is 562. The van der Waals surface area contributed by atoms with Crippen molar-refractivity contribution >= 4 is 23.8 Å². The SMILES string of the molecule is COC(=O)C1(SCc2ccccc2)CN(C(=O)OC(C)(C)C)C1. The molecular weight excluding hydrogens is 314 g/mol. The van der Waals surface area contributed by atoms with Gasteiger partial charge in [-0.1, -0.05) is 30.3 Å². The van der Waals surface area contributed by atoms with Gasteiger partial charge in [-0.05, 0) is 26.3 Å². The average Bonchev–Trinajstić information content (AvgIpc) is 2.44. The van der Waals surface area contributed by atoms with Gasteiger partial charge < -0.3 is 14.4 Å². The summed E-state index contributed by atoms with van der Waals surface area (Å²) < 4.78 is 9.57. The summed E-state index contributed by atoms with van der Waals surface area (Å²) in [4.78, 5) is 25.8. The number of rotatable bonds is 4. The number of benzene rings is 1. The summed E-state index contributed by atoms with van der Waals surface area (Å²) in [5, 5.41) is 0. The van der Waals surface area contributed by atoms with Gasteiger partial charge in [-0.3, -0.25) is 4.79 Å². The lowest BCUT2D eigenvalue weighted by atomic mass is 10.00. The highest BCUT2D eigenvalue weighted by atomic mass is 32.2. The standard InChI is InChI=1S/C17H23NO4S/c1-16(2,3)22-15(20)18-11-17(12-18,14(19)21-4)23-10-13-8-6-5-7-9-13/h5-9H,10-12H2,1-4H3. The lowest BCUT2D eigenvalue weighted by Crippen LogP contribution is -2.66. The molecule has 0 atom stereocenters. The number of esters is 1. The molecule has 0 spiro atoms. The van der Waals surface area contributed by atoms with E-state index in [9.17, 15) is 9.59 Å². The molecule has 0 radical (unpaired) electrons. The Labute approximate surface area is 141 Å². The normalized spacial score (nSPS) is 16.4. The quantitative estimate of drug-likeness (QED) is 0.790. The first-order valence-electron chi connectivity index (χ1n) is 7.50. The summed E-state index contributed by atoms with van der Waals surface area (Å²) >= 11 is 1.51. The van der Waals surface area contributed by atoms with Crippen molar-refractivity contribution in [3.63, 3.8) is 0 Å². The molecule has 1 heterocycles. The molecule has 0 aliphatic carbocycles. The number of methoxy groups -OCH3 is 1. The van der Waals surface area contributed by atoms with Gasteiger partial charge >= 0.3 is 12.1 Å². The third-order valence-electron chi connectivity index (χ3n) is 3.46. The predicted octanol–water partition coefficient (Wildman–Crippen LogP) is 3.08. The molecular formula is C17H23NO4S. The molecule has 0 N–H and O–H groups in total. The molecule has 0 bridgehead atoms. The smallest absolute Gasteiger partial charge is 0.410 e. The van der Waals surface area contributed by atoms with Crippen molar-refractivity contribution in [3.05, 3.63) is 35.9 Å². The lowest BCUT2D eigenvalue weighted by Gasteiger charge is -2.47. The summed E-state index contributed by atoms with van der Waals surface area (Å²) in [6.45, 7) is 6.09. The van der Waals surface area contributed by atoms with Crippen LogP contribution in [0.1, 0.15) is 26.3 Å². The number of nitrogens with zero attached hydrogens (tertiary/aromatic N) is 1. The van der Waals surface area contributed by atoms with E-state index in [0.29, 0.717) is 18.8 Å². The summed E-state index contributed by atoms with van der Waals surface area (Å²) in [6, 6.07) is 9.92. The molecule has 23 heavy (non-hydrogen) atoms. The van der Waals surface area contributed by atoms with Gasteiger partial charge in [-0.15, -0.1) is 11.8 Å². The van der Waals surface area contributed by atoms with Crippen molar-refractivity contribution in [3.8, 4) is 0 Å². The van der Waals surface area contributed by atoms with Crippen molar-refractivity contribution < 1.29 is 19.1 Å². The molecule has 1 aromatic carbocycles. The summed E-state index contributed by atoms with van der Waals surface area (Å²) in [5.74, 6) is 0.399. The zero-order valence-corrected chi connectivity index (χ0v) is 14.8. The van der Waals surface area contributed by atoms with Crippen molar-refractivity contribution in [1.29, 1.82) is 0 Å². The third kappa shape index (κ3) is 4.41. The van der Waals surface area contributed by atoms with Gasteiger partial charge in [0.1, 0.15) is 10.3 Å². The molecule has 1 amide bonds. The molecule has 1 fully saturated rings. The zero-order chi connectivity index (χ0) is 17.1. The Hall–Kier alpha value is -1.69. The van der Waals surface area contributed by atoms with Crippen molar-refractivity contribution in [2.75, 3.05) is 20.2 Å². The minimum Gasteiger partial charge on any atom is -0.468 e. The third-order valence-corrected chi connectivity index (χ3v) is 4.91. The number of likely N-dealkylation sites (tertiary alicyclic amines) is 1. The van der Waals surface area contributed by atoms with Crippen LogP contribution in [0.3, 0.4) is 0 Å². The average molecular weight is 337 g/mol. The fraction of sp³-hybridized carbons (Fsp3) is 0.529. The van der Waals surface area contributed by atoms with Crippen LogP contribution in [-0.4, -0.2) is 47.5 Å². The molecule has 1 aliphatic rings. The predicted molar refractivity (Wildman–Crippen MR) is 90.3 cm³/mol. The summed E-state index contributed by atoms with van der Waals surface area (Å²) in [5.41, 5.74) is 0.592. The maximum absolute atomic E-state index is 12.2. The van der Waals surface area contributed by atoms with Crippen LogP contribution >= 0.6 is 11.8 Å². The van der Waals surface area contributed by atoms with Crippen LogP contribution in [0.5, 0.6) is 0 Å². The number of carbonyl (C=O) groups excluding carboxylic acids is 2. The van der Waals surface area contributed by atoms with E-state index >= 15 is 0 Å². The van der Waals surface area contributed by atoms with Gasteiger partial charge in [0.15, 0.2) is 0 Å². The van der Waals surface area contributed by atoms with Crippen LogP contribution in [0.4, 0.5) is 4.79 Å². The number of hydrogen-bond donors (Lipinski definition) is 0. The minimum absolute atomic E-state index is 0.293. The molecule has 5 nitrogen and oxygen atoms in total. The number of hydrogen-bond acceptors (Lipinski definition) is 5. The first-order chi connectivity index (χ1) is 10.8. The molecule has 1 saturated heterocycles. The molecule has 6 heteroatoms. The maximum atomic E-state index is 12.2. The zero-order valence-electron chi connectivity index (χ0n) is 14.0. The van der Waals surface area contributed by atoms with Crippen molar-refractivity contribution in [2.24, 2.45) is 0 Å². The second-order valence-electron chi connectivity index (χ2n) is 6.60. The van der Waals surface area contributed by atoms with E-state index in [2.05, 4.69) is 0 Å². The maximum Gasteiger partial charge on any atom is 0.410 e. The van der Waals surface area contributed by atoms with Crippen LogP contribution in [0, 0.1) is 0 Å². The topological polar surface area (TPSA) is 55.8 Å². The van der Waals surface area contributed by atoms with Crippen LogP contribution in [-0.2, 0) is 20.0 Å². The van der Waals surface area contributed by atoms with Crippen molar-refractivity contribution in [2.45, 2.75) is 36.9 Å². The molecule has 0 unspecified atom stereocenters. The second-order valence-corrected chi connectivity index (χ2v) is 7.96. The van der Waals surface area contributed by atoms with Gasteiger partial charge in [0.2, 0.25) is 0 Å². The highest BCUT2D eigenvalue weighted by molar-refractivity contribution is 8.00. The molecule has 126 valence electrons. The Morgan fingerprint density at radius 3 is 2.35 bits per heavy atom. The molecule has 2 rings (SSSR count). The van der Waals surface area contributed by atoms with Crippen molar-refractivity contribution in [1.82, 2.24) is 4.90 Å². The number of thioether (sulfide) groups is 1. The van der Waals surface area contributed by atoms with Gasteiger partial charge in [0.25, 0.3) is 0 Å². The largest absolute Gasteiger partial charge is 0.468 e. The van der Waals surface area contributed by atoms with Gasteiger partial charge in [0.05, 0.1) is 20.2 Å². The van der Waals surface area contributed by atoms with E-state index in [-0.39, 0.29) is 5.97 Å². The van der Waals surface area contributed by atoms with E-state index in [1.165, 1.54) is 18.9 Å². The van der Waals surface area contributed by atoms with Crippen LogP contribution in [0.2, 0.25) is 0 Å².